The van der Waals surface area contributed by atoms with Crippen molar-refractivity contribution in [3.05, 3.63) is 0 Å². The normalized spacial score (nSPS) is 11.8. The van der Waals surface area contributed by atoms with Crippen LogP contribution in [0.3, 0.4) is 0 Å². The van der Waals surface area contributed by atoms with Crippen LogP contribution in [0.2, 0.25) is 0 Å². The molecular formula is C20H44N6O4. The minimum Gasteiger partial charge on any atom is -0.444 e. The molecule has 0 spiro atoms. The van der Waals surface area contributed by atoms with E-state index in [1.165, 1.54) is 0 Å². The highest BCUT2D eigenvalue weighted by Crippen LogP contribution is 2.06. The third-order valence-corrected chi connectivity index (χ3v) is 3.38. The summed E-state index contributed by atoms with van der Waals surface area (Å²) in [6.45, 7) is 18.7. The van der Waals surface area contributed by atoms with E-state index < -0.39 is 11.2 Å². The highest BCUT2D eigenvalue weighted by molar-refractivity contribution is 5.67. The molecule has 30 heavy (non-hydrogen) atoms. The topological polar surface area (TPSA) is 125 Å². The van der Waals surface area contributed by atoms with E-state index in [-0.39, 0.29) is 12.2 Å². The van der Waals surface area contributed by atoms with Crippen LogP contribution in [-0.4, -0.2) is 88.8 Å². The summed E-state index contributed by atoms with van der Waals surface area (Å²) in [5.74, 6) is 0. The highest BCUT2D eigenvalue weighted by Gasteiger charge is 2.16. The predicted octanol–water partition coefficient (Wildman–Crippen LogP) is 0.394. The Morgan fingerprint density at radius 3 is 0.967 bits per heavy atom. The molecule has 10 heteroatoms. The summed E-state index contributed by atoms with van der Waals surface area (Å²) in [6, 6.07) is 0. The maximum absolute atomic E-state index is 11.5. The Morgan fingerprint density at radius 1 is 0.500 bits per heavy atom. The van der Waals surface area contributed by atoms with Gasteiger partial charge in [-0.25, -0.2) is 9.59 Å². The third kappa shape index (κ3) is 22.7. The number of rotatable bonds is 15. The molecule has 0 atom stereocenters. The average Bonchev–Trinajstić information content (AvgIpc) is 2.58. The largest absolute Gasteiger partial charge is 0.444 e. The van der Waals surface area contributed by atoms with E-state index in [1.807, 2.05) is 41.5 Å². The summed E-state index contributed by atoms with van der Waals surface area (Å²) in [5, 5.41) is 18.6. The van der Waals surface area contributed by atoms with Crippen molar-refractivity contribution in [3.63, 3.8) is 0 Å². The van der Waals surface area contributed by atoms with Crippen LogP contribution in [0.15, 0.2) is 0 Å². The van der Waals surface area contributed by atoms with Gasteiger partial charge in [-0.1, -0.05) is 0 Å². The van der Waals surface area contributed by atoms with Gasteiger partial charge in [0, 0.05) is 65.4 Å². The lowest BCUT2D eigenvalue weighted by atomic mass is 10.2. The number of ether oxygens (including phenoxy) is 2. The van der Waals surface area contributed by atoms with Crippen molar-refractivity contribution in [2.75, 3.05) is 65.4 Å². The fraction of sp³-hybridized carbons (Fsp3) is 0.900. The smallest absolute Gasteiger partial charge is 0.407 e. The first-order valence-electron chi connectivity index (χ1n) is 10.8. The molecule has 6 N–H and O–H groups in total. The van der Waals surface area contributed by atoms with E-state index in [2.05, 4.69) is 31.9 Å². The van der Waals surface area contributed by atoms with Gasteiger partial charge in [-0.05, 0) is 41.5 Å². The van der Waals surface area contributed by atoms with E-state index in [4.69, 9.17) is 9.47 Å². The van der Waals surface area contributed by atoms with Crippen LogP contribution in [0.1, 0.15) is 41.5 Å². The lowest BCUT2D eigenvalue weighted by molar-refractivity contribution is 0.0517. The monoisotopic (exact) mass is 432 g/mol. The van der Waals surface area contributed by atoms with Crippen LogP contribution in [0, 0.1) is 0 Å². The summed E-state index contributed by atoms with van der Waals surface area (Å²) >= 11 is 0. The number of nitrogens with one attached hydrogen (secondary N) is 6. The first-order chi connectivity index (χ1) is 14.0. The Hall–Kier alpha value is -1.62. The van der Waals surface area contributed by atoms with Crippen molar-refractivity contribution in [2.45, 2.75) is 52.7 Å². The summed E-state index contributed by atoms with van der Waals surface area (Å²) < 4.78 is 10.3. The van der Waals surface area contributed by atoms with Crippen molar-refractivity contribution in [1.29, 1.82) is 0 Å². The maximum atomic E-state index is 11.5. The second-order valence-corrected chi connectivity index (χ2v) is 8.86. The van der Waals surface area contributed by atoms with E-state index >= 15 is 0 Å². The molecule has 0 bridgehead atoms. The van der Waals surface area contributed by atoms with E-state index in [9.17, 15) is 9.59 Å². The molecule has 0 unspecified atom stereocenters. The van der Waals surface area contributed by atoms with Gasteiger partial charge in [-0.2, -0.15) is 0 Å². The molecular weight excluding hydrogens is 388 g/mol. The summed E-state index contributed by atoms with van der Waals surface area (Å²) in [6.07, 6.45) is -0.774. The molecule has 0 fully saturated rings. The molecule has 0 aromatic heterocycles. The van der Waals surface area contributed by atoms with Gasteiger partial charge in [0.15, 0.2) is 0 Å². The zero-order valence-corrected chi connectivity index (χ0v) is 19.7. The molecule has 0 saturated heterocycles. The second kappa shape index (κ2) is 16.1. The van der Waals surface area contributed by atoms with Crippen molar-refractivity contribution in [2.24, 2.45) is 0 Å². The van der Waals surface area contributed by atoms with Crippen LogP contribution in [-0.2, 0) is 9.47 Å². The Balaban J connectivity index is 3.25. The van der Waals surface area contributed by atoms with Gasteiger partial charge in [0.2, 0.25) is 0 Å². The molecule has 10 nitrogen and oxygen atoms in total. The molecule has 0 radical (unpaired) electrons. The highest BCUT2D eigenvalue weighted by atomic mass is 16.6. The zero-order chi connectivity index (χ0) is 22.9. The standard InChI is InChI=1S/C20H44N6O4/c1-19(2,3)29-17(27)25-15-13-23-11-9-21-7-8-22-10-12-24-14-16-26-18(28)30-20(4,5)6/h21-24H,7-16H2,1-6H3,(H,25,27)(H,26,28). The van der Waals surface area contributed by atoms with E-state index in [1.54, 1.807) is 0 Å². The number of hydrogen-bond acceptors (Lipinski definition) is 8. The quantitative estimate of drug-likeness (QED) is 0.205. The Kier molecular flexibility index (Phi) is 15.2. The number of carbonyl (C=O) groups is 2. The molecule has 0 rings (SSSR count). The van der Waals surface area contributed by atoms with Gasteiger partial charge in [0.05, 0.1) is 0 Å². The molecule has 2 amide bonds. The van der Waals surface area contributed by atoms with Crippen LogP contribution in [0.4, 0.5) is 9.59 Å². The fourth-order valence-electron chi connectivity index (χ4n) is 2.16. The van der Waals surface area contributed by atoms with Gasteiger partial charge >= 0.3 is 12.2 Å². The lowest BCUT2D eigenvalue weighted by Gasteiger charge is -2.19. The number of carbonyl (C=O) groups excluding carboxylic acids is 2. The molecule has 0 heterocycles. The van der Waals surface area contributed by atoms with Crippen molar-refractivity contribution in [3.8, 4) is 0 Å². The summed E-state index contributed by atoms with van der Waals surface area (Å²) in [4.78, 5) is 22.9. The van der Waals surface area contributed by atoms with Crippen molar-refractivity contribution in [1.82, 2.24) is 31.9 Å². The zero-order valence-electron chi connectivity index (χ0n) is 19.7. The molecule has 0 aliphatic rings. The van der Waals surface area contributed by atoms with Crippen LogP contribution in [0.25, 0.3) is 0 Å². The second-order valence-electron chi connectivity index (χ2n) is 8.86. The Morgan fingerprint density at radius 2 is 0.733 bits per heavy atom. The van der Waals surface area contributed by atoms with Gasteiger partial charge in [-0.3, -0.25) is 0 Å². The maximum Gasteiger partial charge on any atom is 0.407 e. The SMILES string of the molecule is CC(C)(C)OC(=O)NCCNCCNCCNCCNCCNC(=O)OC(C)(C)C. The first-order valence-corrected chi connectivity index (χ1v) is 10.8. The van der Waals surface area contributed by atoms with Gasteiger partial charge < -0.3 is 41.4 Å². The predicted molar refractivity (Wildman–Crippen MR) is 120 cm³/mol. The molecule has 0 saturated carbocycles. The molecule has 0 aliphatic carbocycles. The van der Waals surface area contributed by atoms with Gasteiger partial charge in [-0.15, -0.1) is 0 Å². The summed E-state index contributed by atoms with van der Waals surface area (Å²) in [7, 11) is 0. The first kappa shape index (κ1) is 28.4. The van der Waals surface area contributed by atoms with Crippen LogP contribution >= 0.6 is 0 Å². The molecule has 178 valence electrons. The Labute approximate surface area is 182 Å². The average molecular weight is 433 g/mol. The fourth-order valence-corrected chi connectivity index (χ4v) is 2.16. The number of hydrogen-bond donors (Lipinski definition) is 6. The van der Waals surface area contributed by atoms with Crippen molar-refractivity contribution < 1.29 is 19.1 Å². The van der Waals surface area contributed by atoms with Gasteiger partial charge in [0.1, 0.15) is 11.2 Å². The van der Waals surface area contributed by atoms with E-state index in [0.29, 0.717) is 26.2 Å². The van der Waals surface area contributed by atoms with E-state index in [0.717, 1.165) is 39.3 Å². The molecule has 0 aromatic rings. The minimum absolute atomic E-state index is 0.387. The van der Waals surface area contributed by atoms with Crippen molar-refractivity contribution >= 4 is 12.2 Å². The summed E-state index contributed by atoms with van der Waals surface area (Å²) in [5.41, 5.74) is -0.935. The lowest BCUT2D eigenvalue weighted by Crippen LogP contribution is -2.39. The van der Waals surface area contributed by atoms with Crippen LogP contribution < -0.4 is 31.9 Å². The minimum atomic E-state index is -0.468. The molecule has 0 aliphatic heterocycles. The van der Waals surface area contributed by atoms with Gasteiger partial charge in [0.25, 0.3) is 0 Å². The number of amides is 2. The number of alkyl carbamates (subject to hydrolysis) is 2. The molecule has 0 aromatic carbocycles. The van der Waals surface area contributed by atoms with Crippen LogP contribution in [0.5, 0.6) is 0 Å². The Bertz CT molecular complexity index is 421. The third-order valence-electron chi connectivity index (χ3n) is 3.38.